The first-order chi connectivity index (χ1) is 9.11. The largest absolute Gasteiger partial charge is 0.462 e. The number of esters is 1. The van der Waals surface area contributed by atoms with Gasteiger partial charge < -0.3 is 10.1 Å². The van der Waals surface area contributed by atoms with E-state index in [4.69, 9.17) is 4.74 Å². The SMILES string of the molecule is CCOC(=O)c1cn[nH]c1NC(=O)c1csc(C)n1. The van der Waals surface area contributed by atoms with Gasteiger partial charge in [-0.25, -0.2) is 9.78 Å². The molecule has 2 aromatic heterocycles. The lowest BCUT2D eigenvalue weighted by molar-refractivity contribution is 0.0527. The average molecular weight is 280 g/mol. The standard InChI is InChI=1S/C11H12N4O3S/c1-3-18-11(17)7-4-12-15-9(7)14-10(16)8-5-19-6(2)13-8/h4-5H,3H2,1-2H3,(H2,12,14,15,16). The zero-order valence-corrected chi connectivity index (χ0v) is 11.2. The van der Waals surface area contributed by atoms with Crippen LogP contribution < -0.4 is 5.32 Å². The van der Waals surface area contributed by atoms with Crippen molar-refractivity contribution in [2.75, 3.05) is 11.9 Å². The maximum atomic E-state index is 11.9. The van der Waals surface area contributed by atoms with Gasteiger partial charge in [-0.2, -0.15) is 5.10 Å². The zero-order valence-electron chi connectivity index (χ0n) is 10.4. The molecule has 0 saturated carbocycles. The molecule has 0 atom stereocenters. The van der Waals surface area contributed by atoms with E-state index in [0.717, 1.165) is 5.01 Å². The van der Waals surface area contributed by atoms with E-state index in [9.17, 15) is 9.59 Å². The first-order valence-electron chi connectivity index (χ1n) is 5.55. The predicted molar refractivity (Wildman–Crippen MR) is 69.3 cm³/mol. The molecular formula is C11H12N4O3S. The second kappa shape index (κ2) is 5.61. The maximum Gasteiger partial charge on any atom is 0.343 e. The number of nitrogens with one attached hydrogen (secondary N) is 2. The number of amides is 1. The molecule has 0 fully saturated rings. The van der Waals surface area contributed by atoms with Crippen LogP contribution in [0.15, 0.2) is 11.6 Å². The lowest BCUT2D eigenvalue weighted by atomic mass is 10.3. The number of hydrogen-bond acceptors (Lipinski definition) is 6. The minimum atomic E-state index is -0.541. The average Bonchev–Trinajstić information content (AvgIpc) is 2.98. The number of rotatable bonds is 4. The van der Waals surface area contributed by atoms with Crippen LogP contribution in [-0.2, 0) is 4.74 Å². The number of aryl methyl sites for hydroxylation is 1. The van der Waals surface area contributed by atoms with Gasteiger partial charge >= 0.3 is 5.97 Å². The first kappa shape index (κ1) is 13.2. The van der Waals surface area contributed by atoms with Crippen molar-refractivity contribution in [1.82, 2.24) is 15.2 Å². The Morgan fingerprint density at radius 3 is 2.95 bits per heavy atom. The summed E-state index contributed by atoms with van der Waals surface area (Å²) in [7, 11) is 0. The zero-order chi connectivity index (χ0) is 13.8. The highest BCUT2D eigenvalue weighted by Crippen LogP contribution is 2.15. The number of hydrogen-bond donors (Lipinski definition) is 2. The molecule has 0 unspecified atom stereocenters. The number of anilines is 1. The van der Waals surface area contributed by atoms with Crippen LogP contribution in [0.2, 0.25) is 0 Å². The Kier molecular flexibility index (Phi) is 3.91. The Labute approximate surface area is 113 Å². The monoisotopic (exact) mass is 280 g/mol. The molecule has 0 aliphatic carbocycles. The van der Waals surface area contributed by atoms with Gasteiger partial charge in [-0.15, -0.1) is 11.3 Å². The van der Waals surface area contributed by atoms with Gasteiger partial charge in [0.1, 0.15) is 17.1 Å². The van der Waals surface area contributed by atoms with Crippen molar-refractivity contribution in [2.24, 2.45) is 0 Å². The van der Waals surface area contributed by atoms with Crippen molar-refractivity contribution in [2.45, 2.75) is 13.8 Å². The van der Waals surface area contributed by atoms with Gasteiger partial charge in [0.2, 0.25) is 0 Å². The predicted octanol–water partition coefficient (Wildman–Crippen LogP) is 1.60. The molecular weight excluding hydrogens is 268 g/mol. The van der Waals surface area contributed by atoms with Crippen molar-refractivity contribution in [3.63, 3.8) is 0 Å². The molecule has 0 spiro atoms. The highest BCUT2D eigenvalue weighted by Gasteiger charge is 2.18. The summed E-state index contributed by atoms with van der Waals surface area (Å²) >= 11 is 1.37. The van der Waals surface area contributed by atoms with Crippen LogP contribution in [0.3, 0.4) is 0 Å². The number of carbonyl (C=O) groups is 2. The summed E-state index contributed by atoms with van der Waals surface area (Å²) in [6.07, 6.45) is 1.31. The van der Waals surface area contributed by atoms with E-state index in [1.807, 2.05) is 6.92 Å². The molecule has 19 heavy (non-hydrogen) atoms. The van der Waals surface area contributed by atoms with E-state index >= 15 is 0 Å². The van der Waals surface area contributed by atoms with Gasteiger partial charge in [-0.05, 0) is 13.8 Å². The van der Waals surface area contributed by atoms with Crippen LogP contribution in [-0.4, -0.2) is 33.7 Å². The number of aromatic amines is 1. The number of ether oxygens (including phenoxy) is 1. The Morgan fingerprint density at radius 1 is 1.53 bits per heavy atom. The molecule has 0 saturated heterocycles. The molecule has 2 N–H and O–H groups in total. The summed E-state index contributed by atoms with van der Waals surface area (Å²) in [5, 5.41) is 11.2. The third-order valence-electron chi connectivity index (χ3n) is 2.22. The number of H-pyrrole nitrogens is 1. The summed E-state index contributed by atoms with van der Waals surface area (Å²) in [4.78, 5) is 27.6. The van der Waals surface area contributed by atoms with Gasteiger partial charge in [0.05, 0.1) is 17.8 Å². The maximum absolute atomic E-state index is 11.9. The van der Waals surface area contributed by atoms with Crippen LogP contribution in [0, 0.1) is 6.92 Å². The van der Waals surface area contributed by atoms with Crippen LogP contribution >= 0.6 is 11.3 Å². The lowest BCUT2D eigenvalue weighted by Crippen LogP contribution is -2.15. The van der Waals surface area contributed by atoms with Crippen LogP contribution in [0.25, 0.3) is 0 Å². The molecule has 0 radical (unpaired) electrons. The van der Waals surface area contributed by atoms with Gasteiger partial charge in [0.15, 0.2) is 0 Å². The van der Waals surface area contributed by atoms with E-state index in [-0.39, 0.29) is 18.0 Å². The summed E-state index contributed by atoms with van der Waals surface area (Å²) in [6, 6.07) is 0. The second-order valence-electron chi connectivity index (χ2n) is 3.59. The topological polar surface area (TPSA) is 97.0 Å². The minimum absolute atomic E-state index is 0.183. The fourth-order valence-corrected chi connectivity index (χ4v) is 1.98. The minimum Gasteiger partial charge on any atom is -0.462 e. The lowest BCUT2D eigenvalue weighted by Gasteiger charge is -2.03. The van der Waals surface area contributed by atoms with E-state index in [1.165, 1.54) is 17.5 Å². The Hall–Kier alpha value is -2.22. The second-order valence-corrected chi connectivity index (χ2v) is 4.65. The van der Waals surface area contributed by atoms with Crippen molar-refractivity contribution in [1.29, 1.82) is 0 Å². The van der Waals surface area contributed by atoms with E-state index in [0.29, 0.717) is 5.69 Å². The highest BCUT2D eigenvalue weighted by atomic mass is 32.1. The van der Waals surface area contributed by atoms with Gasteiger partial charge in [0.25, 0.3) is 5.91 Å². The summed E-state index contributed by atoms with van der Waals surface area (Å²) in [5.41, 5.74) is 0.481. The van der Waals surface area contributed by atoms with Crippen LogP contribution in [0.5, 0.6) is 0 Å². The normalized spacial score (nSPS) is 10.2. The van der Waals surface area contributed by atoms with Gasteiger partial charge in [0, 0.05) is 5.38 Å². The molecule has 0 aromatic carbocycles. The molecule has 2 rings (SSSR count). The summed E-state index contributed by atoms with van der Waals surface area (Å²) < 4.78 is 4.85. The highest BCUT2D eigenvalue weighted by molar-refractivity contribution is 7.09. The number of thiazole rings is 1. The molecule has 100 valence electrons. The third kappa shape index (κ3) is 2.97. The molecule has 8 heteroatoms. The number of nitrogens with zero attached hydrogens (tertiary/aromatic N) is 2. The Bertz CT molecular complexity index is 605. The summed E-state index contributed by atoms with van der Waals surface area (Å²) in [5.74, 6) is -0.741. The van der Waals surface area contributed by atoms with Crippen LogP contribution in [0.4, 0.5) is 5.82 Å². The first-order valence-corrected chi connectivity index (χ1v) is 6.43. The van der Waals surface area contributed by atoms with Crippen molar-refractivity contribution in [3.05, 3.63) is 27.8 Å². The summed E-state index contributed by atoms with van der Waals surface area (Å²) in [6.45, 7) is 3.76. The number of carbonyl (C=O) groups excluding carboxylic acids is 2. The van der Waals surface area contributed by atoms with E-state index in [1.54, 1.807) is 12.3 Å². The van der Waals surface area contributed by atoms with Gasteiger partial charge in [-0.1, -0.05) is 0 Å². The third-order valence-corrected chi connectivity index (χ3v) is 3.00. The molecule has 1 amide bonds. The molecule has 0 aliphatic rings. The van der Waals surface area contributed by atoms with Gasteiger partial charge in [-0.3, -0.25) is 9.89 Å². The van der Waals surface area contributed by atoms with Crippen LogP contribution in [0.1, 0.15) is 32.8 Å². The fraction of sp³-hybridized carbons (Fsp3) is 0.273. The fourth-order valence-electron chi connectivity index (χ4n) is 1.39. The Morgan fingerprint density at radius 2 is 2.32 bits per heavy atom. The number of aromatic nitrogens is 3. The quantitative estimate of drug-likeness (QED) is 0.829. The van der Waals surface area contributed by atoms with Crippen molar-refractivity contribution >= 4 is 29.0 Å². The van der Waals surface area contributed by atoms with E-state index in [2.05, 4.69) is 20.5 Å². The molecule has 2 aromatic rings. The van der Waals surface area contributed by atoms with Crippen molar-refractivity contribution < 1.29 is 14.3 Å². The van der Waals surface area contributed by atoms with Crippen molar-refractivity contribution in [3.8, 4) is 0 Å². The molecule has 0 bridgehead atoms. The molecule has 7 nitrogen and oxygen atoms in total. The molecule has 2 heterocycles. The van der Waals surface area contributed by atoms with E-state index < -0.39 is 11.9 Å². The Balaban J connectivity index is 2.13. The molecule has 0 aliphatic heterocycles. The smallest absolute Gasteiger partial charge is 0.343 e.